The van der Waals surface area contributed by atoms with Gasteiger partial charge in [0.15, 0.2) is 0 Å². The van der Waals surface area contributed by atoms with Crippen LogP contribution in [-0.2, 0) is 5.41 Å². The van der Waals surface area contributed by atoms with E-state index in [0.717, 1.165) is 11.4 Å². The molecule has 5 heteroatoms. The number of aromatic nitrogens is 2. The number of hydrogen-bond acceptors (Lipinski definition) is 5. The lowest BCUT2D eigenvalue weighted by Gasteiger charge is -2.29. The highest BCUT2D eigenvalue weighted by Gasteiger charge is 2.34. The SMILES string of the molecule is CCCCCCCCC(C)(c1nncs1)C(S)S. The molecule has 0 aliphatic rings. The van der Waals surface area contributed by atoms with Gasteiger partial charge in [0.1, 0.15) is 10.5 Å². The summed E-state index contributed by atoms with van der Waals surface area (Å²) >= 11 is 10.7. The normalized spacial score (nSPS) is 14.9. The Bertz CT molecular complexity index is 314. The highest BCUT2D eigenvalue weighted by atomic mass is 32.2. The summed E-state index contributed by atoms with van der Waals surface area (Å²) in [4.78, 5) is 0. The van der Waals surface area contributed by atoms with Crippen molar-refractivity contribution in [2.45, 2.75) is 68.8 Å². The van der Waals surface area contributed by atoms with E-state index in [-0.39, 0.29) is 10.00 Å². The zero-order valence-corrected chi connectivity index (χ0v) is 13.9. The smallest absolute Gasteiger partial charge is 0.125 e. The van der Waals surface area contributed by atoms with E-state index in [4.69, 9.17) is 0 Å². The molecule has 0 amide bonds. The van der Waals surface area contributed by atoms with Gasteiger partial charge in [0.05, 0.1) is 4.58 Å². The van der Waals surface area contributed by atoms with E-state index in [1.54, 1.807) is 16.8 Å². The molecule has 0 spiro atoms. The molecule has 0 radical (unpaired) electrons. The van der Waals surface area contributed by atoms with Gasteiger partial charge in [-0.05, 0) is 6.42 Å². The quantitative estimate of drug-likeness (QED) is 0.392. The van der Waals surface area contributed by atoms with Crippen LogP contribution in [0.2, 0.25) is 0 Å². The fourth-order valence-corrected chi connectivity index (χ4v) is 3.50. The summed E-state index contributed by atoms with van der Waals surface area (Å²) in [5.41, 5.74) is 1.73. The van der Waals surface area contributed by atoms with Crippen LogP contribution in [0.5, 0.6) is 0 Å². The highest BCUT2D eigenvalue weighted by molar-refractivity contribution is 7.99. The van der Waals surface area contributed by atoms with Crippen molar-refractivity contribution in [3.63, 3.8) is 0 Å². The third kappa shape index (κ3) is 4.74. The van der Waals surface area contributed by atoms with E-state index in [1.165, 1.54) is 38.5 Å². The zero-order valence-electron chi connectivity index (χ0n) is 11.3. The third-order valence-corrected chi connectivity index (χ3v) is 5.58. The summed E-state index contributed by atoms with van der Waals surface area (Å²) in [6.07, 6.45) is 8.96. The Morgan fingerprint density at radius 1 is 1.22 bits per heavy atom. The van der Waals surface area contributed by atoms with Gasteiger partial charge in [-0.1, -0.05) is 52.4 Å². The molecular weight excluding hydrogens is 280 g/mol. The van der Waals surface area contributed by atoms with E-state index < -0.39 is 0 Å². The lowest BCUT2D eigenvalue weighted by atomic mass is 9.87. The molecule has 0 aliphatic heterocycles. The minimum Gasteiger partial charge on any atom is -0.164 e. The maximum atomic E-state index is 4.53. The Labute approximate surface area is 126 Å². The number of rotatable bonds is 9. The molecule has 18 heavy (non-hydrogen) atoms. The van der Waals surface area contributed by atoms with E-state index in [1.807, 2.05) is 0 Å². The second kappa shape index (κ2) is 8.43. The van der Waals surface area contributed by atoms with Crippen LogP contribution in [0.15, 0.2) is 5.51 Å². The molecule has 0 aromatic carbocycles. The van der Waals surface area contributed by atoms with Gasteiger partial charge in [0.25, 0.3) is 0 Å². The maximum absolute atomic E-state index is 4.53. The second-order valence-corrected chi connectivity index (χ2v) is 7.33. The van der Waals surface area contributed by atoms with Gasteiger partial charge in [-0.25, -0.2) is 0 Å². The molecule has 0 N–H and O–H groups in total. The maximum Gasteiger partial charge on any atom is 0.125 e. The third-order valence-electron chi connectivity index (χ3n) is 3.47. The minimum absolute atomic E-state index is 0.0149. The molecule has 2 nitrogen and oxygen atoms in total. The van der Waals surface area contributed by atoms with Gasteiger partial charge in [0.2, 0.25) is 0 Å². The van der Waals surface area contributed by atoms with Gasteiger partial charge in [-0.3, -0.25) is 0 Å². The molecule has 0 saturated heterocycles. The summed E-state index contributed by atoms with van der Waals surface area (Å²) in [5.74, 6) is 0. The van der Waals surface area contributed by atoms with Gasteiger partial charge < -0.3 is 0 Å². The van der Waals surface area contributed by atoms with Crippen LogP contribution in [0.3, 0.4) is 0 Å². The Kier molecular flexibility index (Phi) is 7.64. The summed E-state index contributed by atoms with van der Waals surface area (Å²) in [6, 6.07) is 0. The highest BCUT2D eigenvalue weighted by Crippen LogP contribution is 2.38. The first-order valence-corrected chi connectivity index (χ1v) is 8.65. The minimum atomic E-state index is -0.0574. The van der Waals surface area contributed by atoms with Crippen molar-refractivity contribution in [1.82, 2.24) is 10.2 Å². The Hall–Kier alpha value is 0.260. The lowest BCUT2D eigenvalue weighted by molar-refractivity contribution is 0.434. The first-order chi connectivity index (χ1) is 8.61. The molecule has 0 saturated carbocycles. The number of thiol groups is 2. The van der Waals surface area contributed by atoms with Crippen LogP contribution in [0.25, 0.3) is 0 Å². The van der Waals surface area contributed by atoms with Crippen molar-refractivity contribution in [3.05, 3.63) is 10.5 Å². The predicted molar refractivity (Wildman–Crippen MR) is 87.0 cm³/mol. The predicted octanol–water partition coefficient (Wildman–Crippen LogP) is 4.73. The average Bonchev–Trinajstić information content (AvgIpc) is 2.87. The van der Waals surface area contributed by atoms with Crippen molar-refractivity contribution >= 4 is 36.6 Å². The van der Waals surface area contributed by atoms with Crippen LogP contribution in [0, 0.1) is 0 Å². The van der Waals surface area contributed by atoms with E-state index in [2.05, 4.69) is 49.3 Å². The molecule has 0 fully saturated rings. The average molecular weight is 305 g/mol. The van der Waals surface area contributed by atoms with Gasteiger partial charge in [-0.15, -0.1) is 21.5 Å². The molecule has 0 aliphatic carbocycles. The molecule has 1 unspecified atom stereocenters. The first-order valence-electron chi connectivity index (χ1n) is 6.74. The Morgan fingerprint density at radius 3 is 2.44 bits per heavy atom. The topological polar surface area (TPSA) is 25.8 Å². The van der Waals surface area contributed by atoms with Crippen LogP contribution >= 0.6 is 36.6 Å². The van der Waals surface area contributed by atoms with Gasteiger partial charge in [-0.2, -0.15) is 25.3 Å². The monoisotopic (exact) mass is 304 g/mol. The molecule has 1 atom stereocenters. The molecule has 1 aromatic rings. The summed E-state index contributed by atoms with van der Waals surface area (Å²) < 4.78 is 0.0149. The molecule has 1 aromatic heterocycles. The van der Waals surface area contributed by atoms with E-state index in [0.29, 0.717) is 0 Å². The Balaban J connectivity index is 2.40. The van der Waals surface area contributed by atoms with Crippen molar-refractivity contribution in [2.24, 2.45) is 0 Å². The van der Waals surface area contributed by atoms with Crippen molar-refractivity contribution < 1.29 is 0 Å². The van der Waals surface area contributed by atoms with Crippen molar-refractivity contribution in [1.29, 1.82) is 0 Å². The summed E-state index contributed by atoms with van der Waals surface area (Å²) in [6.45, 7) is 4.45. The molecule has 1 rings (SSSR count). The van der Waals surface area contributed by atoms with Crippen molar-refractivity contribution in [3.8, 4) is 0 Å². The fraction of sp³-hybridized carbons (Fsp3) is 0.846. The van der Waals surface area contributed by atoms with Crippen LogP contribution < -0.4 is 0 Å². The summed E-state index contributed by atoms with van der Waals surface area (Å²) in [7, 11) is 0. The van der Waals surface area contributed by atoms with Gasteiger partial charge >= 0.3 is 0 Å². The molecule has 104 valence electrons. The number of unbranched alkanes of at least 4 members (excludes halogenated alkanes) is 5. The van der Waals surface area contributed by atoms with Crippen LogP contribution in [-0.4, -0.2) is 14.8 Å². The molecule has 1 heterocycles. The van der Waals surface area contributed by atoms with Crippen LogP contribution in [0.4, 0.5) is 0 Å². The summed E-state index contributed by atoms with van der Waals surface area (Å²) in [5, 5.41) is 9.21. The number of nitrogens with zero attached hydrogens (tertiary/aromatic N) is 2. The zero-order chi connectivity index (χ0) is 13.4. The molecular formula is C13H24N2S3. The molecule has 0 bridgehead atoms. The fourth-order valence-electron chi connectivity index (χ4n) is 2.04. The Morgan fingerprint density at radius 2 is 1.89 bits per heavy atom. The van der Waals surface area contributed by atoms with E-state index >= 15 is 0 Å². The van der Waals surface area contributed by atoms with Crippen LogP contribution in [0.1, 0.15) is 63.8 Å². The lowest BCUT2D eigenvalue weighted by Crippen LogP contribution is -2.29. The second-order valence-electron chi connectivity index (χ2n) is 5.05. The van der Waals surface area contributed by atoms with Gasteiger partial charge in [0, 0.05) is 5.41 Å². The van der Waals surface area contributed by atoms with Crippen molar-refractivity contribution in [2.75, 3.05) is 0 Å². The van der Waals surface area contributed by atoms with E-state index in [9.17, 15) is 0 Å². The largest absolute Gasteiger partial charge is 0.164 e. The number of hydrogen-bond donors (Lipinski definition) is 2. The standard InChI is InChI=1S/C13H24N2S3/c1-3-4-5-6-7-8-9-13(2,12(16)17)11-15-14-10-18-11/h10,12,16-17H,3-9H2,1-2H3. The first kappa shape index (κ1) is 16.3.